The van der Waals surface area contributed by atoms with Gasteiger partial charge in [0.05, 0.1) is 12.4 Å². The van der Waals surface area contributed by atoms with Gasteiger partial charge < -0.3 is 5.11 Å². The van der Waals surface area contributed by atoms with E-state index in [1.807, 2.05) is 0 Å². The molecule has 0 bridgehead atoms. The Morgan fingerprint density at radius 2 is 2.29 bits per heavy atom. The van der Waals surface area contributed by atoms with Crippen molar-refractivity contribution in [2.24, 2.45) is 5.10 Å². The van der Waals surface area contributed by atoms with Crippen molar-refractivity contribution in [1.82, 2.24) is 15.4 Å². The molecule has 0 saturated heterocycles. The van der Waals surface area contributed by atoms with Crippen molar-refractivity contribution in [3.63, 3.8) is 0 Å². The molecule has 0 radical (unpaired) electrons. The summed E-state index contributed by atoms with van der Waals surface area (Å²) in [6.45, 7) is 3.63. The Kier molecular flexibility index (Phi) is 4.76. The second kappa shape index (κ2) is 6.95. The zero-order valence-corrected chi connectivity index (χ0v) is 11.2. The van der Waals surface area contributed by atoms with Crippen LogP contribution in [0.1, 0.15) is 21.6 Å². The number of carbonyl (C=O) groups is 1. The minimum absolute atomic E-state index is 0.120. The summed E-state index contributed by atoms with van der Waals surface area (Å²) in [7, 11) is 0. The summed E-state index contributed by atoms with van der Waals surface area (Å²) in [5, 5.41) is 13.8. The van der Waals surface area contributed by atoms with Gasteiger partial charge in [0.2, 0.25) is 0 Å². The SMILES string of the molecule is C=CCc1cccc(/C=N\NC(=O)c2cnccn2)c1O. The number of benzene rings is 1. The van der Waals surface area contributed by atoms with E-state index in [1.165, 1.54) is 24.8 Å². The Hall–Kier alpha value is -3.02. The van der Waals surface area contributed by atoms with Crippen LogP contribution in [-0.2, 0) is 6.42 Å². The standard InChI is InChI=1S/C15H14N4O2/c1-2-4-11-5-3-6-12(14(11)20)9-18-19-15(21)13-10-16-7-8-17-13/h2-3,5-10,20H,1,4H2,(H,19,21)/b18-9-. The van der Waals surface area contributed by atoms with Crippen molar-refractivity contribution in [2.45, 2.75) is 6.42 Å². The van der Waals surface area contributed by atoms with Gasteiger partial charge in [-0.3, -0.25) is 9.78 Å². The van der Waals surface area contributed by atoms with E-state index in [9.17, 15) is 9.90 Å². The number of aromatic nitrogens is 2. The number of allylic oxidation sites excluding steroid dienone is 1. The molecule has 2 aromatic rings. The summed E-state index contributed by atoms with van der Waals surface area (Å²) in [4.78, 5) is 19.3. The number of hydrogen-bond donors (Lipinski definition) is 2. The van der Waals surface area contributed by atoms with Crippen LogP contribution in [0.4, 0.5) is 0 Å². The first-order chi connectivity index (χ1) is 10.2. The van der Waals surface area contributed by atoms with Gasteiger partial charge >= 0.3 is 0 Å². The number of nitrogens with one attached hydrogen (secondary N) is 1. The lowest BCUT2D eigenvalue weighted by molar-refractivity contribution is 0.0949. The molecule has 6 heteroatoms. The number of aromatic hydroxyl groups is 1. The van der Waals surface area contributed by atoms with E-state index in [0.29, 0.717) is 12.0 Å². The van der Waals surface area contributed by atoms with Gasteiger partial charge in [-0.25, -0.2) is 10.4 Å². The van der Waals surface area contributed by atoms with Crippen LogP contribution in [0.2, 0.25) is 0 Å². The van der Waals surface area contributed by atoms with Crippen molar-refractivity contribution in [2.75, 3.05) is 0 Å². The third kappa shape index (κ3) is 3.73. The maximum Gasteiger partial charge on any atom is 0.291 e. The maximum atomic E-state index is 11.7. The molecule has 106 valence electrons. The molecule has 2 rings (SSSR count). The zero-order valence-electron chi connectivity index (χ0n) is 11.2. The van der Waals surface area contributed by atoms with Crippen molar-refractivity contribution >= 4 is 12.1 Å². The fourth-order valence-electron chi connectivity index (χ4n) is 1.67. The third-order valence-electron chi connectivity index (χ3n) is 2.68. The van der Waals surface area contributed by atoms with Gasteiger partial charge in [-0.2, -0.15) is 5.10 Å². The van der Waals surface area contributed by atoms with Gasteiger partial charge in [0.1, 0.15) is 11.4 Å². The average molecular weight is 282 g/mol. The number of carbonyl (C=O) groups excluding carboxylic acids is 1. The lowest BCUT2D eigenvalue weighted by Crippen LogP contribution is -2.19. The number of phenols is 1. The number of phenolic OH excluding ortho intramolecular Hbond substituents is 1. The maximum absolute atomic E-state index is 11.7. The van der Waals surface area contributed by atoms with Crippen LogP contribution in [0.3, 0.4) is 0 Å². The normalized spacial score (nSPS) is 10.5. The van der Waals surface area contributed by atoms with Gasteiger partial charge in [-0.05, 0) is 18.1 Å². The number of hydrazone groups is 1. The van der Waals surface area contributed by atoms with Crippen LogP contribution in [0.25, 0.3) is 0 Å². The van der Waals surface area contributed by atoms with Crippen molar-refractivity contribution in [3.05, 3.63) is 66.3 Å². The zero-order chi connectivity index (χ0) is 15.1. The molecule has 1 amide bonds. The Balaban J connectivity index is 2.07. The first-order valence-corrected chi connectivity index (χ1v) is 6.23. The van der Waals surface area contributed by atoms with Crippen LogP contribution in [0, 0.1) is 0 Å². The minimum atomic E-state index is -0.471. The van der Waals surface area contributed by atoms with Gasteiger partial charge in [0.15, 0.2) is 0 Å². The molecule has 1 aromatic heterocycles. The monoisotopic (exact) mass is 282 g/mol. The highest BCUT2D eigenvalue weighted by molar-refractivity contribution is 5.93. The van der Waals surface area contributed by atoms with E-state index in [2.05, 4.69) is 27.1 Å². The van der Waals surface area contributed by atoms with E-state index < -0.39 is 5.91 Å². The Morgan fingerprint density at radius 1 is 1.43 bits per heavy atom. The molecular weight excluding hydrogens is 268 g/mol. The molecule has 0 unspecified atom stereocenters. The Labute approximate surface area is 121 Å². The van der Waals surface area contributed by atoms with Crippen LogP contribution < -0.4 is 5.43 Å². The van der Waals surface area contributed by atoms with Crippen LogP contribution in [0.15, 0.2) is 54.5 Å². The number of para-hydroxylation sites is 1. The molecule has 1 aromatic carbocycles. The fraction of sp³-hybridized carbons (Fsp3) is 0.0667. The van der Waals surface area contributed by atoms with E-state index >= 15 is 0 Å². The summed E-state index contributed by atoms with van der Waals surface area (Å²) in [5.74, 6) is -0.351. The largest absolute Gasteiger partial charge is 0.507 e. The molecule has 0 saturated carbocycles. The molecule has 0 aliphatic heterocycles. The third-order valence-corrected chi connectivity index (χ3v) is 2.68. The van der Waals surface area contributed by atoms with Crippen molar-refractivity contribution in [1.29, 1.82) is 0 Å². The summed E-state index contributed by atoms with van der Waals surface area (Å²) >= 11 is 0. The topological polar surface area (TPSA) is 87.5 Å². The lowest BCUT2D eigenvalue weighted by Gasteiger charge is -2.04. The second-order valence-electron chi connectivity index (χ2n) is 4.14. The number of nitrogens with zero attached hydrogens (tertiary/aromatic N) is 3. The molecule has 0 fully saturated rings. The van der Waals surface area contributed by atoms with Gasteiger partial charge in [-0.1, -0.05) is 18.2 Å². The first kappa shape index (κ1) is 14.4. The first-order valence-electron chi connectivity index (χ1n) is 6.23. The molecule has 6 nitrogen and oxygen atoms in total. The Morgan fingerprint density at radius 3 is 3.00 bits per heavy atom. The Bertz CT molecular complexity index is 669. The molecule has 2 N–H and O–H groups in total. The van der Waals surface area contributed by atoms with Crippen LogP contribution in [-0.4, -0.2) is 27.2 Å². The molecule has 21 heavy (non-hydrogen) atoms. The fourth-order valence-corrected chi connectivity index (χ4v) is 1.67. The van der Waals surface area contributed by atoms with E-state index in [1.54, 1.807) is 24.3 Å². The predicted octanol–water partition coefficient (Wildman–Crippen LogP) is 1.67. The second-order valence-corrected chi connectivity index (χ2v) is 4.14. The average Bonchev–Trinajstić information content (AvgIpc) is 2.52. The molecule has 0 aliphatic rings. The number of amides is 1. The number of rotatable bonds is 5. The lowest BCUT2D eigenvalue weighted by atomic mass is 10.1. The summed E-state index contributed by atoms with van der Waals surface area (Å²) < 4.78 is 0. The van der Waals surface area contributed by atoms with Crippen LogP contribution >= 0.6 is 0 Å². The molecule has 0 aliphatic carbocycles. The predicted molar refractivity (Wildman–Crippen MR) is 79.1 cm³/mol. The highest BCUT2D eigenvalue weighted by Gasteiger charge is 2.06. The number of hydrogen-bond acceptors (Lipinski definition) is 5. The van der Waals surface area contributed by atoms with Crippen molar-refractivity contribution < 1.29 is 9.90 Å². The molecule has 0 spiro atoms. The summed E-state index contributed by atoms with van der Waals surface area (Å²) in [5.41, 5.74) is 3.74. The van der Waals surface area contributed by atoms with Gasteiger partial charge in [0, 0.05) is 18.0 Å². The molecular formula is C15H14N4O2. The highest BCUT2D eigenvalue weighted by atomic mass is 16.3. The van der Waals surface area contributed by atoms with Gasteiger partial charge in [-0.15, -0.1) is 6.58 Å². The molecule has 0 atom stereocenters. The highest BCUT2D eigenvalue weighted by Crippen LogP contribution is 2.21. The molecule has 1 heterocycles. The quantitative estimate of drug-likeness (QED) is 0.496. The smallest absolute Gasteiger partial charge is 0.291 e. The van der Waals surface area contributed by atoms with E-state index in [4.69, 9.17) is 0 Å². The summed E-state index contributed by atoms with van der Waals surface area (Å²) in [6.07, 6.45) is 7.86. The van der Waals surface area contributed by atoms with Crippen molar-refractivity contribution in [3.8, 4) is 5.75 Å². The van der Waals surface area contributed by atoms with Gasteiger partial charge in [0.25, 0.3) is 5.91 Å². The van der Waals surface area contributed by atoms with Crippen LogP contribution in [0.5, 0.6) is 5.75 Å². The van der Waals surface area contributed by atoms with E-state index in [-0.39, 0.29) is 11.4 Å². The van der Waals surface area contributed by atoms with E-state index in [0.717, 1.165) is 5.56 Å². The minimum Gasteiger partial charge on any atom is -0.507 e. The summed E-state index contributed by atoms with van der Waals surface area (Å²) in [6, 6.07) is 5.29.